The van der Waals surface area contributed by atoms with Crippen LogP contribution in [0.2, 0.25) is 0 Å². The van der Waals surface area contributed by atoms with Crippen LogP contribution in [0.15, 0.2) is 18.6 Å². The normalized spacial score (nSPS) is 11.8. The topological polar surface area (TPSA) is 61.4 Å². The molecular formula is C21H26N6S. The zero-order valence-electron chi connectivity index (χ0n) is 17.3. The number of hydrogen-bond donors (Lipinski definition) is 0. The first-order valence-corrected chi connectivity index (χ1v) is 10.6. The summed E-state index contributed by atoms with van der Waals surface area (Å²) in [6.45, 7) is 10.8. The molecule has 0 aromatic carbocycles. The van der Waals surface area contributed by atoms with Crippen LogP contribution < -0.4 is 0 Å². The van der Waals surface area contributed by atoms with Gasteiger partial charge in [0.05, 0.1) is 15.4 Å². The van der Waals surface area contributed by atoms with E-state index in [1.807, 2.05) is 7.05 Å². The van der Waals surface area contributed by atoms with Gasteiger partial charge in [-0.05, 0) is 50.8 Å². The minimum atomic E-state index is 0.460. The molecule has 0 unspecified atom stereocenters. The summed E-state index contributed by atoms with van der Waals surface area (Å²) in [6.07, 6.45) is 5.98. The lowest BCUT2D eigenvalue weighted by molar-refractivity contribution is 0.482. The second-order valence-electron chi connectivity index (χ2n) is 7.35. The van der Waals surface area contributed by atoms with E-state index in [2.05, 4.69) is 61.5 Å². The Labute approximate surface area is 169 Å². The van der Waals surface area contributed by atoms with Crippen LogP contribution in [0.5, 0.6) is 0 Å². The van der Waals surface area contributed by atoms with Gasteiger partial charge in [-0.25, -0.2) is 19.6 Å². The van der Waals surface area contributed by atoms with E-state index in [4.69, 9.17) is 9.97 Å². The van der Waals surface area contributed by atoms with Crippen molar-refractivity contribution in [1.29, 1.82) is 0 Å². The van der Waals surface area contributed by atoms with Gasteiger partial charge in [-0.3, -0.25) is 0 Å². The third-order valence-corrected chi connectivity index (χ3v) is 6.64. The summed E-state index contributed by atoms with van der Waals surface area (Å²) in [5.74, 6) is 0.877. The lowest BCUT2D eigenvalue weighted by Gasteiger charge is -2.16. The van der Waals surface area contributed by atoms with Gasteiger partial charge >= 0.3 is 0 Å². The molecule has 0 saturated carbocycles. The highest BCUT2D eigenvalue weighted by atomic mass is 32.1. The number of fused-ring (bicyclic) bond motifs is 1. The summed E-state index contributed by atoms with van der Waals surface area (Å²) in [7, 11) is 1.91. The van der Waals surface area contributed by atoms with E-state index in [-0.39, 0.29) is 0 Å². The Kier molecular flexibility index (Phi) is 4.79. The van der Waals surface area contributed by atoms with E-state index in [1.165, 1.54) is 11.1 Å². The zero-order chi connectivity index (χ0) is 20.0. The summed E-state index contributed by atoms with van der Waals surface area (Å²) in [6, 6.07) is 2.62. The Bertz CT molecular complexity index is 1150. The number of hydrogen-bond acceptors (Lipinski definition) is 5. The van der Waals surface area contributed by atoms with Crippen molar-refractivity contribution in [1.82, 2.24) is 29.3 Å². The van der Waals surface area contributed by atoms with Crippen molar-refractivity contribution in [3.8, 4) is 21.3 Å². The van der Waals surface area contributed by atoms with Gasteiger partial charge in [0.1, 0.15) is 17.5 Å². The van der Waals surface area contributed by atoms with Crippen molar-refractivity contribution in [2.45, 2.75) is 53.5 Å². The van der Waals surface area contributed by atoms with Gasteiger partial charge in [0.2, 0.25) is 0 Å². The molecule has 4 aromatic heterocycles. The van der Waals surface area contributed by atoms with Crippen LogP contribution in [0.3, 0.4) is 0 Å². The van der Waals surface area contributed by atoms with E-state index in [0.29, 0.717) is 6.04 Å². The summed E-state index contributed by atoms with van der Waals surface area (Å²) in [5.41, 5.74) is 6.30. The number of thiophene rings is 1. The van der Waals surface area contributed by atoms with Crippen molar-refractivity contribution in [3.63, 3.8) is 0 Å². The third-order valence-electron chi connectivity index (χ3n) is 5.40. The second kappa shape index (κ2) is 7.13. The standard InChI is InChI=1S/C21H26N6S/c1-7-15(8-2)27-10-13(4)17-21(27)24-14(5)18(25-17)19-12(3)9-16(28-19)20-22-11-23-26(20)6/h9-11,15H,7-8H2,1-6H3. The molecule has 0 N–H and O–H groups in total. The van der Waals surface area contributed by atoms with E-state index in [0.717, 1.165) is 51.0 Å². The third kappa shape index (κ3) is 2.94. The molecule has 6 nitrogen and oxygen atoms in total. The lowest BCUT2D eigenvalue weighted by Crippen LogP contribution is -2.07. The number of aryl methyl sites for hydroxylation is 4. The maximum atomic E-state index is 5.08. The van der Waals surface area contributed by atoms with Gasteiger partial charge in [0, 0.05) is 19.3 Å². The van der Waals surface area contributed by atoms with E-state index in [1.54, 1.807) is 22.3 Å². The average molecular weight is 395 g/mol. The Morgan fingerprint density at radius 3 is 2.46 bits per heavy atom. The molecule has 0 aliphatic rings. The number of rotatable bonds is 5. The smallest absolute Gasteiger partial charge is 0.167 e. The molecule has 0 aliphatic heterocycles. The second-order valence-corrected chi connectivity index (χ2v) is 8.40. The highest BCUT2D eigenvalue weighted by Crippen LogP contribution is 2.38. The van der Waals surface area contributed by atoms with Crippen LogP contribution in [-0.4, -0.2) is 29.3 Å². The maximum Gasteiger partial charge on any atom is 0.167 e. The number of aromatic nitrogens is 6. The minimum absolute atomic E-state index is 0.460. The Hall–Kier alpha value is -2.54. The molecule has 0 amide bonds. The molecule has 7 heteroatoms. The predicted molar refractivity (Wildman–Crippen MR) is 115 cm³/mol. The van der Waals surface area contributed by atoms with Crippen molar-refractivity contribution in [2.24, 2.45) is 7.05 Å². The quantitative estimate of drug-likeness (QED) is 0.464. The van der Waals surface area contributed by atoms with Gasteiger partial charge < -0.3 is 4.57 Å². The molecule has 0 aliphatic carbocycles. The molecule has 0 fully saturated rings. The fraction of sp³-hybridized carbons (Fsp3) is 0.429. The zero-order valence-corrected chi connectivity index (χ0v) is 18.1. The minimum Gasteiger partial charge on any atom is -0.328 e. The molecule has 0 spiro atoms. The molecule has 0 saturated heterocycles. The van der Waals surface area contributed by atoms with Crippen molar-refractivity contribution < 1.29 is 0 Å². The first-order valence-electron chi connectivity index (χ1n) is 9.75. The Morgan fingerprint density at radius 2 is 1.82 bits per heavy atom. The molecule has 0 radical (unpaired) electrons. The fourth-order valence-electron chi connectivity index (χ4n) is 3.81. The first-order chi connectivity index (χ1) is 13.4. The molecule has 0 atom stereocenters. The molecule has 146 valence electrons. The van der Waals surface area contributed by atoms with Crippen molar-refractivity contribution in [3.05, 3.63) is 35.4 Å². The van der Waals surface area contributed by atoms with Gasteiger partial charge in [-0.15, -0.1) is 11.3 Å². The monoisotopic (exact) mass is 394 g/mol. The van der Waals surface area contributed by atoms with Crippen LogP contribution in [0.25, 0.3) is 32.4 Å². The summed E-state index contributed by atoms with van der Waals surface area (Å²) in [5, 5.41) is 4.19. The van der Waals surface area contributed by atoms with Gasteiger partial charge in [0.15, 0.2) is 11.5 Å². The van der Waals surface area contributed by atoms with Gasteiger partial charge in [-0.2, -0.15) is 5.10 Å². The van der Waals surface area contributed by atoms with E-state index >= 15 is 0 Å². The average Bonchev–Trinajstić information content (AvgIpc) is 3.34. The summed E-state index contributed by atoms with van der Waals surface area (Å²) in [4.78, 5) is 16.7. The van der Waals surface area contributed by atoms with Gasteiger partial charge in [0.25, 0.3) is 0 Å². The van der Waals surface area contributed by atoms with E-state index < -0.39 is 0 Å². The van der Waals surface area contributed by atoms with Crippen LogP contribution in [0, 0.1) is 20.8 Å². The molecule has 4 aromatic rings. The van der Waals surface area contributed by atoms with E-state index in [9.17, 15) is 0 Å². The lowest BCUT2D eigenvalue weighted by atomic mass is 10.1. The SMILES string of the molecule is CCC(CC)n1cc(C)c2nc(-c3sc(-c4ncnn4C)cc3C)c(C)nc21. The highest BCUT2D eigenvalue weighted by Gasteiger charge is 2.20. The fourth-order valence-corrected chi connectivity index (χ4v) is 5.05. The molecule has 4 rings (SSSR count). The highest BCUT2D eigenvalue weighted by molar-refractivity contribution is 7.19. The Morgan fingerprint density at radius 1 is 1.07 bits per heavy atom. The maximum absolute atomic E-state index is 5.08. The van der Waals surface area contributed by atoms with Crippen LogP contribution in [0.1, 0.15) is 49.6 Å². The molecule has 0 bridgehead atoms. The molecule has 4 heterocycles. The summed E-state index contributed by atoms with van der Waals surface area (Å²) >= 11 is 1.70. The molecular weight excluding hydrogens is 368 g/mol. The van der Waals surface area contributed by atoms with Crippen molar-refractivity contribution >= 4 is 22.5 Å². The van der Waals surface area contributed by atoms with Gasteiger partial charge in [-0.1, -0.05) is 13.8 Å². The van der Waals surface area contributed by atoms with Crippen molar-refractivity contribution in [2.75, 3.05) is 0 Å². The molecule has 28 heavy (non-hydrogen) atoms. The summed E-state index contributed by atoms with van der Waals surface area (Å²) < 4.78 is 4.11. The first kappa shape index (κ1) is 18.8. The predicted octanol–water partition coefficient (Wildman–Crippen LogP) is 5.24. The number of nitrogens with zero attached hydrogens (tertiary/aromatic N) is 6. The van der Waals surface area contributed by atoms with Crippen LogP contribution in [-0.2, 0) is 7.05 Å². The van der Waals surface area contributed by atoms with Crippen LogP contribution in [0.4, 0.5) is 0 Å². The van der Waals surface area contributed by atoms with Crippen LogP contribution >= 0.6 is 11.3 Å². The Balaban J connectivity index is 1.87. The largest absolute Gasteiger partial charge is 0.328 e.